The van der Waals surface area contributed by atoms with Crippen molar-refractivity contribution in [2.24, 2.45) is 5.41 Å². The smallest absolute Gasteiger partial charge is 0.319 e. The quantitative estimate of drug-likeness (QED) is 0.762. The fourth-order valence-corrected chi connectivity index (χ4v) is 1.54. The van der Waals surface area contributed by atoms with E-state index < -0.39 is 0 Å². The molecular formula is C13H18N4O. The lowest BCUT2D eigenvalue weighted by Gasteiger charge is -2.18. The number of H-pyrrole nitrogens is 1. The molecule has 5 heteroatoms. The van der Waals surface area contributed by atoms with Crippen LogP contribution in [0, 0.1) is 5.41 Å². The average molecular weight is 246 g/mol. The first-order valence-corrected chi connectivity index (χ1v) is 5.92. The fraction of sp³-hybridized carbons (Fsp3) is 0.385. The molecule has 3 N–H and O–H groups in total. The molecule has 96 valence electrons. The molecular weight excluding hydrogens is 228 g/mol. The van der Waals surface area contributed by atoms with Gasteiger partial charge in [0.15, 0.2) is 0 Å². The molecule has 0 saturated carbocycles. The van der Waals surface area contributed by atoms with Crippen molar-refractivity contribution in [1.82, 2.24) is 15.5 Å². The molecule has 0 spiro atoms. The highest BCUT2D eigenvalue weighted by Crippen LogP contribution is 2.16. The molecule has 1 aromatic carbocycles. The summed E-state index contributed by atoms with van der Waals surface area (Å²) in [4.78, 5) is 11.7. The maximum Gasteiger partial charge on any atom is 0.319 e. The van der Waals surface area contributed by atoms with Gasteiger partial charge in [0, 0.05) is 17.6 Å². The minimum atomic E-state index is -0.191. The lowest BCUT2D eigenvalue weighted by atomic mass is 9.97. The van der Waals surface area contributed by atoms with E-state index in [0.29, 0.717) is 6.54 Å². The fourth-order valence-electron chi connectivity index (χ4n) is 1.54. The molecule has 1 heterocycles. The molecule has 0 atom stereocenters. The number of amides is 2. The van der Waals surface area contributed by atoms with E-state index in [1.807, 2.05) is 18.2 Å². The third kappa shape index (κ3) is 3.23. The zero-order chi connectivity index (χ0) is 13.2. The summed E-state index contributed by atoms with van der Waals surface area (Å²) in [6.45, 7) is 6.85. The van der Waals surface area contributed by atoms with E-state index in [1.54, 1.807) is 6.20 Å². The number of nitrogens with zero attached hydrogens (tertiary/aromatic N) is 1. The highest BCUT2D eigenvalue weighted by atomic mass is 16.2. The molecule has 0 radical (unpaired) electrons. The van der Waals surface area contributed by atoms with E-state index in [0.717, 1.165) is 16.6 Å². The molecule has 0 aliphatic heterocycles. The standard InChI is InChI=1S/C13H18N4O/c1-13(2,3)8-14-12(18)16-10-5-4-9-7-15-17-11(9)6-10/h4-7H,8H2,1-3H3,(H,15,17)(H2,14,16,18). The van der Waals surface area contributed by atoms with E-state index in [9.17, 15) is 4.79 Å². The summed E-state index contributed by atoms with van der Waals surface area (Å²) in [7, 11) is 0. The van der Waals surface area contributed by atoms with Gasteiger partial charge in [-0.3, -0.25) is 5.10 Å². The van der Waals surface area contributed by atoms with E-state index >= 15 is 0 Å². The Morgan fingerprint density at radius 1 is 1.39 bits per heavy atom. The number of benzene rings is 1. The Bertz CT molecular complexity index is 553. The van der Waals surface area contributed by atoms with E-state index in [-0.39, 0.29) is 11.4 Å². The lowest BCUT2D eigenvalue weighted by molar-refractivity contribution is 0.247. The Labute approximate surface area is 106 Å². The second-order valence-corrected chi connectivity index (χ2v) is 5.54. The van der Waals surface area contributed by atoms with Crippen molar-refractivity contribution in [2.75, 3.05) is 11.9 Å². The monoisotopic (exact) mass is 246 g/mol. The van der Waals surface area contributed by atoms with Gasteiger partial charge in [0.1, 0.15) is 0 Å². The first-order valence-electron chi connectivity index (χ1n) is 5.92. The Morgan fingerprint density at radius 2 is 2.17 bits per heavy atom. The first kappa shape index (κ1) is 12.4. The summed E-state index contributed by atoms with van der Waals surface area (Å²) in [5, 5.41) is 13.5. The van der Waals surface area contributed by atoms with E-state index in [1.165, 1.54) is 0 Å². The molecule has 0 aliphatic rings. The SMILES string of the molecule is CC(C)(C)CNC(=O)Nc1ccc2cn[nH]c2c1. The Balaban J connectivity index is 1.98. The Morgan fingerprint density at radius 3 is 2.89 bits per heavy atom. The topological polar surface area (TPSA) is 69.8 Å². The van der Waals surface area contributed by atoms with Crippen LogP contribution in [-0.2, 0) is 0 Å². The summed E-state index contributed by atoms with van der Waals surface area (Å²) in [5.74, 6) is 0. The highest BCUT2D eigenvalue weighted by molar-refractivity contribution is 5.92. The van der Waals surface area contributed by atoms with Gasteiger partial charge in [-0.1, -0.05) is 20.8 Å². The number of nitrogens with one attached hydrogen (secondary N) is 3. The maximum absolute atomic E-state index is 11.7. The number of hydrogen-bond acceptors (Lipinski definition) is 2. The van der Waals surface area contributed by atoms with Crippen LogP contribution < -0.4 is 10.6 Å². The van der Waals surface area contributed by atoms with Crippen LogP contribution in [0.25, 0.3) is 10.9 Å². The predicted molar refractivity (Wildman–Crippen MR) is 72.6 cm³/mol. The van der Waals surface area contributed by atoms with Crippen molar-refractivity contribution in [3.05, 3.63) is 24.4 Å². The van der Waals surface area contributed by atoms with E-state index in [2.05, 4.69) is 41.6 Å². The van der Waals surface area contributed by atoms with Gasteiger partial charge in [-0.15, -0.1) is 0 Å². The highest BCUT2D eigenvalue weighted by Gasteiger charge is 2.11. The number of fused-ring (bicyclic) bond motifs is 1. The molecule has 2 amide bonds. The van der Waals surface area contributed by atoms with Crippen LogP contribution in [0.2, 0.25) is 0 Å². The maximum atomic E-state index is 11.7. The van der Waals surface area contributed by atoms with Crippen LogP contribution in [0.1, 0.15) is 20.8 Å². The van der Waals surface area contributed by atoms with Crippen molar-refractivity contribution in [3.8, 4) is 0 Å². The van der Waals surface area contributed by atoms with Gasteiger partial charge in [-0.05, 0) is 23.6 Å². The summed E-state index contributed by atoms with van der Waals surface area (Å²) in [6.07, 6.45) is 1.75. The Hall–Kier alpha value is -2.04. The van der Waals surface area contributed by atoms with Crippen LogP contribution in [0.4, 0.5) is 10.5 Å². The normalized spacial score (nSPS) is 11.5. The zero-order valence-electron chi connectivity index (χ0n) is 10.9. The third-order valence-corrected chi connectivity index (χ3v) is 2.48. The number of urea groups is 1. The average Bonchev–Trinajstić information content (AvgIpc) is 2.72. The van der Waals surface area contributed by atoms with Crippen molar-refractivity contribution in [1.29, 1.82) is 0 Å². The molecule has 0 unspecified atom stereocenters. The molecule has 0 bridgehead atoms. The van der Waals surface area contributed by atoms with Crippen molar-refractivity contribution >= 4 is 22.6 Å². The minimum Gasteiger partial charge on any atom is -0.337 e. The number of carbonyl (C=O) groups excluding carboxylic acids is 1. The third-order valence-electron chi connectivity index (χ3n) is 2.48. The molecule has 2 aromatic rings. The Kier molecular flexibility index (Phi) is 3.23. The second kappa shape index (κ2) is 4.68. The zero-order valence-corrected chi connectivity index (χ0v) is 10.9. The van der Waals surface area contributed by atoms with Crippen molar-refractivity contribution in [3.63, 3.8) is 0 Å². The van der Waals surface area contributed by atoms with Crippen molar-refractivity contribution < 1.29 is 4.79 Å². The molecule has 2 rings (SSSR count). The van der Waals surface area contributed by atoms with Gasteiger partial charge < -0.3 is 10.6 Å². The largest absolute Gasteiger partial charge is 0.337 e. The number of aromatic amines is 1. The molecule has 0 aliphatic carbocycles. The van der Waals surface area contributed by atoms with Crippen LogP contribution >= 0.6 is 0 Å². The van der Waals surface area contributed by atoms with Gasteiger partial charge in [0.25, 0.3) is 0 Å². The predicted octanol–water partition coefficient (Wildman–Crippen LogP) is 2.73. The van der Waals surface area contributed by atoms with Crippen LogP contribution in [0.3, 0.4) is 0 Å². The van der Waals surface area contributed by atoms with Gasteiger partial charge in [-0.2, -0.15) is 5.10 Å². The number of carbonyl (C=O) groups is 1. The molecule has 5 nitrogen and oxygen atoms in total. The summed E-state index contributed by atoms with van der Waals surface area (Å²) >= 11 is 0. The number of rotatable bonds is 2. The number of hydrogen-bond donors (Lipinski definition) is 3. The van der Waals surface area contributed by atoms with Crippen LogP contribution in [0.15, 0.2) is 24.4 Å². The van der Waals surface area contributed by atoms with E-state index in [4.69, 9.17) is 0 Å². The summed E-state index contributed by atoms with van der Waals surface area (Å²) < 4.78 is 0. The van der Waals surface area contributed by atoms with Gasteiger partial charge in [-0.25, -0.2) is 4.79 Å². The molecule has 0 fully saturated rings. The summed E-state index contributed by atoms with van der Waals surface area (Å²) in [6, 6.07) is 5.44. The van der Waals surface area contributed by atoms with Gasteiger partial charge >= 0.3 is 6.03 Å². The van der Waals surface area contributed by atoms with Crippen LogP contribution in [0.5, 0.6) is 0 Å². The lowest BCUT2D eigenvalue weighted by Crippen LogP contribution is -2.35. The molecule has 18 heavy (non-hydrogen) atoms. The second-order valence-electron chi connectivity index (χ2n) is 5.54. The minimum absolute atomic E-state index is 0.0741. The van der Waals surface area contributed by atoms with Crippen LogP contribution in [-0.4, -0.2) is 22.8 Å². The first-order chi connectivity index (χ1) is 8.44. The number of aromatic nitrogens is 2. The molecule has 0 saturated heterocycles. The summed E-state index contributed by atoms with van der Waals surface area (Å²) in [5.41, 5.74) is 1.73. The van der Waals surface area contributed by atoms with Gasteiger partial charge in [0.05, 0.1) is 11.7 Å². The van der Waals surface area contributed by atoms with Crippen molar-refractivity contribution in [2.45, 2.75) is 20.8 Å². The molecule has 1 aromatic heterocycles. The van der Waals surface area contributed by atoms with Gasteiger partial charge in [0.2, 0.25) is 0 Å². The number of anilines is 1.